The molecule has 3 aliphatic heterocycles. The van der Waals surface area contributed by atoms with E-state index in [1.807, 2.05) is 27.7 Å². The van der Waals surface area contributed by atoms with E-state index in [1.165, 1.54) is 0 Å². The third-order valence-corrected chi connectivity index (χ3v) is 3.43. The van der Waals surface area contributed by atoms with Gasteiger partial charge in [-0.25, -0.2) is 0 Å². The minimum absolute atomic E-state index is 0.131. The van der Waals surface area contributed by atoms with Gasteiger partial charge in [-0.1, -0.05) is 0 Å². The zero-order chi connectivity index (χ0) is 13.1. The molecule has 0 aromatic rings. The van der Waals surface area contributed by atoms with Crippen LogP contribution in [0.15, 0.2) is 0 Å². The molecule has 0 amide bonds. The van der Waals surface area contributed by atoms with E-state index >= 15 is 0 Å². The molecule has 3 aliphatic rings. The molecule has 104 valence electrons. The molecule has 6 nitrogen and oxygen atoms in total. The smallest absolute Gasteiger partial charge is 0.190 e. The summed E-state index contributed by atoms with van der Waals surface area (Å²) >= 11 is 0. The van der Waals surface area contributed by atoms with Crippen molar-refractivity contribution in [3.8, 4) is 0 Å². The highest BCUT2D eigenvalue weighted by atomic mass is 16.9. The highest BCUT2D eigenvalue weighted by Crippen LogP contribution is 2.43. The number of hydrogen-bond donors (Lipinski definition) is 1. The third-order valence-electron chi connectivity index (χ3n) is 3.43. The lowest BCUT2D eigenvalue weighted by atomic mass is 9.99. The quantitative estimate of drug-likeness (QED) is 0.735. The van der Waals surface area contributed by atoms with Crippen molar-refractivity contribution in [3.63, 3.8) is 0 Å². The van der Waals surface area contributed by atoms with Crippen molar-refractivity contribution in [1.82, 2.24) is 0 Å². The van der Waals surface area contributed by atoms with Crippen molar-refractivity contribution < 1.29 is 28.8 Å². The first-order chi connectivity index (χ1) is 8.31. The van der Waals surface area contributed by atoms with Gasteiger partial charge in [-0.05, 0) is 27.7 Å². The summed E-state index contributed by atoms with van der Waals surface area (Å²) in [5.41, 5.74) is 0. The lowest BCUT2D eigenvalue weighted by Gasteiger charge is -2.36. The summed E-state index contributed by atoms with van der Waals surface area (Å²) in [7, 11) is 0. The Kier molecular flexibility index (Phi) is 2.75. The second-order valence-corrected chi connectivity index (χ2v) is 5.89. The third kappa shape index (κ3) is 1.97. The highest BCUT2D eigenvalue weighted by Gasteiger charge is 2.60. The van der Waals surface area contributed by atoms with Gasteiger partial charge < -0.3 is 28.8 Å². The van der Waals surface area contributed by atoms with E-state index in [2.05, 4.69) is 0 Å². The second-order valence-electron chi connectivity index (χ2n) is 5.89. The summed E-state index contributed by atoms with van der Waals surface area (Å²) in [5.74, 6) is -1.41. The van der Waals surface area contributed by atoms with Crippen LogP contribution in [-0.2, 0) is 23.7 Å². The Hall–Kier alpha value is -0.240. The van der Waals surface area contributed by atoms with E-state index in [4.69, 9.17) is 23.7 Å². The lowest BCUT2D eigenvalue weighted by molar-refractivity contribution is -0.240. The lowest BCUT2D eigenvalue weighted by Crippen LogP contribution is -2.56. The maximum absolute atomic E-state index is 9.40. The number of rotatable bonds is 1. The summed E-state index contributed by atoms with van der Waals surface area (Å²) in [6.45, 7) is 7.22. The van der Waals surface area contributed by atoms with Gasteiger partial charge in [0.05, 0.1) is 6.61 Å². The van der Waals surface area contributed by atoms with Crippen molar-refractivity contribution in [1.29, 1.82) is 0 Å². The standard InChI is InChI=1S/C12H20O6/c1-11(2)15-7-6(5-13)14-10-9(8(7)16-11)17-12(3,4)18-10/h6-10,13H,5H2,1-4H3/t6-,7?,8+,9?,10?/m0/s1. The Bertz CT molecular complexity index is 341. The van der Waals surface area contributed by atoms with Crippen LogP contribution in [0, 0.1) is 0 Å². The molecule has 0 radical (unpaired) electrons. The average molecular weight is 260 g/mol. The first-order valence-electron chi connectivity index (χ1n) is 6.29. The maximum Gasteiger partial charge on any atom is 0.190 e. The fraction of sp³-hybridized carbons (Fsp3) is 1.00. The van der Waals surface area contributed by atoms with Crippen molar-refractivity contribution in [2.45, 2.75) is 70.0 Å². The van der Waals surface area contributed by atoms with Gasteiger partial charge in [0.25, 0.3) is 0 Å². The largest absolute Gasteiger partial charge is 0.394 e. The van der Waals surface area contributed by atoms with Crippen LogP contribution in [0.25, 0.3) is 0 Å². The summed E-state index contributed by atoms with van der Waals surface area (Å²) in [6.07, 6.45) is -1.90. The van der Waals surface area contributed by atoms with Crippen molar-refractivity contribution in [3.05, 3.63) is 0 Å². The molecule has 3 heterocycles. The number of fused-ring (bicyclic) bond motifs is 3. The predicted molar refractivity (Wildman–Crippen MR) is 59.6 cm³/mol. The number of aliphatic hydroxyl groups is 1. The van der Waals surface area contributed by atoms with Crippen LogP contribution in [0.2, 0.25) is 0 Å². The molecule has 3 saturated heterocycles. The second kappa shape index (κ2) is 3.88. The molecular weight excluding hydrogens is 240 g/mol. The van der Waals surface area contributed by atoms with Crippen LogP contribution in [0.1, 0.15) is 27.7 Å². The number of aliphatic hydroxyl groups excluding tert-OH is 1. The zero-order valence-corrected chi connectivity index (χ0v) is 11.1. The first-order valence-corrected chi connectivity index (χ1v) is 6.29. The SMILES string of the molecule is CC1(C)OC2O[C@@H](CO)C3OC(C)(C)O[C@H]3C2O1. The van der Waals surface area contributed by atoms with E-state index in [0.717, 1.165) is 0 Å². The van der Waals surface area contributed by atoms with Crippen molar-refractivity contribution in [2.24, 2.45) is 0 Å². The molecule has 3 unspecified atom stereocenters. The Labute approximate surface area is 106 Å². The molecule has 6 heteroatoms. The summed E-state index contributed by atoms with van der Waals surface area (Å²) < 4.78 is 28.9. The number of hydrogen-bond acceptors (Lipinski definition) is 6. The molecule has 5 atom stereocenters. The van der Waals surface area contributed by atoms with E-state index in [1.54, 1.807) is 0 Å². The predicted octanol–water partition coefficient (Wildman–Crippen LogP) is 0.375. The van der Waals surface area contributed by atoms with Gasteiger partial charge in [0.1, 0.15) is 24.4 Å². The Morgan fingerprint density at radius 1 is 0.833 bits per heavy atom. The minimum Gasteiger partial charge on any atom is -0.394 e. The van der Waals surface area contributed by atoms with Crippen LogP contribution in [0.4, 0.5) is 0 Å². The van der Waals surface area contributed by atoms with Gasteiger partial charge in [0.15, 0.2) is 17.9 Å². The van der Waals surface area contributed by atoms with E-state index in [-0.39, 0.29) is 24.9 Å². The van der Waals surface area contributed by atoms with Gasteiger partial charge >= 0.3 is 0 Å². The minimum atomic E-state index is -0.708. The molecule has 0 aliphatic carbocycles. The highest BCUT2D eigenvalue weighted by molar-refractivity contribution is 4.99. The molecule has 0 spiro atoms. The molecule has 18 heavy (non-hydrogen) atoms. The molecule has 0 saturated carbocycles. The normalized spacial score (nSPS) is 48.8. The molecule has 0 bridgehead atoms. The zero-order valence-electron chi connectivity index (χ0n) is 11.1. The molecule has 3 rings (SSSR count). The Balaban J connectivity index is 1.86. The molecular formula is C12H20O6. The monoisotopic (exact) mass is 260 g/mol. The Morgan fingerprint density at radius 3 is 2.06 bits per heavy atom. The maximum atomic E-state index is 9.40. The van der Waals surface area contributed by atoms with E-state index in [9.17, 15) is 5.11 Å². The summed E-state index contributed by atoms with van der Waals surface area (Å²) in [4.78, 5) is 0. The van der Waals surface area contributed by atoms with Crippen LogP contribution < -0.4 is 0 Å². The van der Waals surface area contributed by atoms with E-state index in [0.29, 0.717) is 0 Å². The first kappa shape index (κ1) is 12.8. The topological polar surface area (TPSA) is 66.4 Å². The molecule has 3 fully saturated rings. The average Bonchev–Trinajstić information content (AvgIpc) is 2.71. The molecule has 0 aromatic heterocycles. The Morgan fingerprint density at radius 2 is 1.39 bits per heavy atom. The molecule has 0 aromatic carbocycles. The number of ether oxygens (including phenoxy) is 5. The fourth-order valence-corrected chi connectivity index (χ4v) is 2.84. The van der Waals surface area contributed by atoms with E-state index < -0.39 is 24.0 Å². The van der Waals surface area contributed by atoms with Crippen molar-refractivity contribution in [2.75, 3.05) is 6.61 Å². The summed E-state index contributed by atoms with van der Waals surface area (Å²) in [5, 5.41) is 9.40. The van der Waals surface area contributed by atoms with Crippen LogP contribution in [0.5, 0.6) is 0 Å². The van der Waals surface area contributed by atoms with Gasteiger partial charge in [0, 0.05) is 0 Å². The van der Waals surface area contributed by atoms with Crippen LogP contribution >= 0.6 is 0 Å². The van der Waals surface area contributed by atoms with Gasteiger partial charge in [-0.3, -0.25) is 0 Å². The van der Waals surface area contributed by atoms with Crippen LogP contribution in [0.3, 0.4) is 0 Å². The molecule has 1 N–H and O–H groups in total. The van der Waals surface area contributed by atoms with Gasteiger partial charge in [0.2, 0.25) is 0 Å². The van der Waals surface area contributed by atoms with Crippen LogP contribution in [-0.4, -0.2) is 54.0 Å². The summed E-state index contributed by atoms with van der Waals surface area (Å²) in [6, 6.07) is 0. The fourth-order valence-electron chi connectivity index (χ4n) is 2.84. The van der Waals surface area contributed by atoms with Crippen molar-refractivity contribution >= 4 is 0 Å². The van der Waals surface area contributed by atoms with Gasteiger partial charge in [-0.15, -0.1) is 0 Å². The van der Waals surface area contributed by atoms with Gasteiger partial charge in [-0.2, -0.15) is 0 Å².